The van der Waals surface area contributed by atoms with Crippen LogP contribution in [0, 0.1) is 17.1 Å². The number of anilines is 2. The average molecular weight is 256 g/mol. The summed E-state index contributed by atoms with van der Waals surface area (Å²) in [4.78, 5) is 11.0. The van der Waals surface area contributed by atoms with Crippen molar-refractivity contribution in [2.75, 3.05) is 5.32 Å². The molecule has 0 bridgehead atoms. The zero-order chi connectivity index (χ0) is 13.8. The van der Waals surface area contributed by atoms with E-state index in [1.165, 1.54) is 18.2 Å². The van der Waals surface area contributed by atoms with Crippen LogP contribution in [0.25, 0.3) is 0 Å². The molecule has 0 fully saturated rings. The maximum atomic E-state index is 13.7. The summed E-state index contributed by atoms with van der Waals surface area (Å²) in [5, 5.41) is 20.4. The smallest absolute Gasteiger partial charge is 0.337 e. The van der Waals surface area contributed by atoms with Crippen molar-refractivity contribution in [3.63, 3.8) is 0 Å². The van der Waals surface area contributed by atoms with Crippen LogP contribution in [0.4, 0.5) is 15.8 Å². The van der Waals surface area contributed by atoms with E-state index in [-0.39, 0.29) is 11.3 Å². The van der Waals surface area contributed by atoms with Gasteiger partial charge < -0.3 is 10.4 Å². The van der Waals surface area contributed by atoms with Gasteiger partial charge in [0.2, 0.25) is 0 Å². The Hall–Kier alpha value is -2.87. The molecule has 0 heterocycles. The first kappa shape index (κ1) is 12.6. The number of rotatable bonds is 3. The molecule has 0 aliphatic heterocycles. The molecule has 0 aliphatic carbocycles. The van der Waals surface area contributed by atoms with Gasteiger partial charge in [-0.2, -0.15) is 5.26 Å². The fraction of sp³-hybridized carbons (Fsp3) is 0. The molecule has 0 aliphatic rings. The zero-order valence-corrected chi connectivity index (χ0v) is 9.72. The quantitative estimate of drug-likeness (QED) is 0.884. The van der Waals surface area contributed by atoms with Crippen LogP contribution in [0.2, 0.25) is 0 Å². The van der Waals surface area contributed by atoms with Gasteiger partial charge in [0.05, 0.1) is 22.9 Å². The van der Waals surface area contributed by atoms with Gasteiger partial charge in [-0.25, -0.2) is 9.18 Å². The number of carboxylic acid groups (broad SMARTS) is 1. The molecular formula is C14H9FN2O2. The van der Waals surface area contributed by atoms with Crippen LogP contribution in [0.1, 0.15) is 15.9 Å². The predicted molar refractivity (Wildman–Crippen MR) is 67.8 cm³/mol. The number of aromatic carboxylic acids is 1. The number of hydrogen-bond acceptors (Lipinski definition) is 3. The van der Waals surface area contributed by atoms with Gasteiger partial charge in [0, 0.05) is 5.69 Å². The minimum absolute atomic E-state index is 0.0975. The fourth-order valence-electron chi connectivity index (χ4n) is 1.60. The van der Waals surface area contributed by atoms with Gasteiger partial charge in [0.25, 0.3) is 0 Å². The molecule has 2 rings (SSSR count). The Balaban J connectivity index is 2.37. The molecule has 2 aromatic carbocycles. The zero-order valence-electron chi connectivity index (χ0n) is 9.72. The predicted octanol–water partition coefficient (Wildman–Crippen LogP) is 3.14. The standard InChI is InChI=1S/C14H9FN2O2/c15-12-3-1-2-11(14(18)19)13(12)17-10-6-4-9(8-16)5-7-10/h1-7,17H,(H,18,19). The summed E-state index contributed by atoms with van der Waals surface area (Å²) >= 11 is 0. The number of nitrogens with one attached hydrogen (secondary N) is 1. The average Bonchev–Trinajstić information content (AvgIpc) is 2.41. The molecule has 0 unspecified atom stereocenters. The van der Waals surface area contributed by atoms with E-state index in [1.807, 2.05) is 6.07 Å². The highest BCUT2D eigenvalue weighted by molar-refractivity contribution is 5.95. The number of hydrogen-bond donors (Lipinski definition) is 2. The van der Waals surface area contributed by atoms with Crippen molar-refractivity contribution in [2.45, 2.75) is 0 Å². The number of nitrogens with zero attached hydrogens (tertiary/aromatic N) is 1. The summed E-state index contributed by atoms with van der Waals surface area (Å²) in [6.45, 7) is 0. The van der Waals surface area contributed by atoms with Gasteiger partial charge in [0.1, 0.15) is 5.82 Å². The number of carboxylic acids is 1. The summed E-state index contributed by atoms with van der Waals surface area (Å²) in [5.41, 5.74) is 0.730. The number of carbonyl (C=O) groups is 1. The first-order valence-electron chi connectivity index (χ1n) is 5.41. The van der Waals surface area contributed by atoms with Gasteiger partial charge in [-0.15, -0.1) is 0 Å². The molecule has 0 radical (unpaired) electrons. The van der Waals surface area contributed by atoms with Gasteiger partial charge in [-0.05, 0) is 36.4 Å². The molecule has 19 heavy (non-hydrogen) atoms. The number of benzene rings is 2. The largest absolute Gasteiger partial charge is 0.478 e. The summed E-state index contributed by atoms with van der Waals surface area (Å²) in [5.74, 6) is -1.86. The molecule has 2 aromatic rings. The van der Waals surface area contributed by atoms with Crippen LogP contribution in [0.3, 0.4) is 0 Å². The molecule has 0 atom stereocenters. The fourth-order valence-corrected chi connectivity index (χ4v) is 1.60. The maximum Gasteiger partial charge on any atom is 0.337 e. The lowest BCUT2D eigenvalue weighted by Crippen LogP contribution is -2.04. The molecular weight excluding hydrogens is 247 g/mol. The molecule has 0 amide bonds. The summed E-state index contributed by atoms with van der Waals surface area (Å²) in [6.07, 6.45) is 0. The summed E-state index contributed by atoms with van der Waals surface area (Å²) in [7, 11) is 0. The highest BCUT2D eigenvalue weighted by atomic mass is 19.1. The van der Waals surface area contributed by atoms with Crippen LogP contribution >= 0.6 is 0 Å². The van der Waals surface area contributed by atoms with Crippen molar-refractivity contribution in [1.29, 1.82) is 5.26 Å². The minimum Gasteiger partial charge on any atom is -0.478 e. The lowest BCUT2D eigenvalue weighted by molar-refractivity contribution is 0.0697. The van der Waals surface area contributed by atoms with Crippen molar-refractivity contribution in [3.8, 4) is 6.07 Å². The van der Waals surface area contributed by atoms with E-state index < -0.39 is 11.8 Å². The molecule has 94 valence electrons. The minimum atomic E-state index is -1.21. The van der Waals surface area contributed by atoms with Crippen LogP contribution in [0.5, 0.6) is 0 Å². The Morgan fingerprint density at radius 3 is 2.47 bits per heavy atom. The topological polar surface area (TPSA) is 73.1 Å². The van der Waals surface area contributed by atoms with Gasteiger partial charge in [-0.1, -0.05) is 6.07 Å². The van der Waals surface area contributed by atoms with E-state index in [0.717, 1.165) is 0 Å². The van der Waals surface area contributed by atoms with E-state index in [1.54, 1.807) is 24.3 Å². The second-order valence-electron chi connectivity index (χ2n) is 3.78. The first-order valence-corrected chi connectivity index (χ1v) is 5.41. The van der Waals surface area contributed by atoms with Crippen molar-refractivity contribution < 1.29 is 14.3 Å². The number of nitriles is 1. The van der Waals surface area contributed by atoms with Gasteiger partial charge in [-0.3, -0.25) is 0 Å². The van der Waals surface area contributed by atoms with Crippen molar-refractivity contribution in [3.05, 3.63) is 59.4 Å². The van der Waals surface area contributed by atoms with Gasteiger partial charge >= 0.3 is 5.97 Å². The second-order valence-corrected chi connectivity index (χ2v) is 3.78. The Morgan fingerprint density at radius 2 is 1.89 bits per heavy atom. The normalized spacial score (nSPS) is 9.68. The molecule has 0 aromatic heterocycles. The van der Waals surface area contributed by atoms with Crippen LogP contribution in [-0.2, 0) is 0 Å². The molecule has 4 nitrogen and oxygen atoms in total. The summed E-state index contributed by atoms with van der Waals surface area (Å²) in [6, 6.07) is 12.1. The second kappa shape index (κ2) is 5.19. The van der Waals surface area contributed by atoms with Crippen molar-refractivity contribution >= 4 is 17.3 Å². The molecule has 0 saturated heterocycles. The Kier molecular flexibility index (Phi) is 3.44. The van der Waals surface area contributed by atoms with Crippen LogP contribution < -0.4 is 5.32 Å². The Bertz CT molecular complexity index is 660. The Morgan fingerprint density at radius 1 is 1.21 bits per heavy atom. The monoisotopic (exact) mass is 256 g/mol. The Labute approximate surface area is 108 Å². The van der Waals surface area contributed by atoms with Gasteiger partial charge in [0.15, 0.2) is 0 Å². The molecule has 0 spiro atoms. The SMILES string of the molecule is N#Cc1ccc(Nc2c(F)cccc2C(=O)O)cc1. The van der Waals surface area contributed by atoms with E-state index in [4.69, 9.17) is 10.4 Å². The third kappa shape index (κ3) is 2.69. The highest BCUT2D eigenvalue weighted by Gasteiger charge is 2.14. The third-order valence-electron chi connectivity index (χ3n) is 2.53. The van der Waals surface area contributed by atoms with E-state index in [0.29, 0.717) is 11.3 Å². The lowest BCUT2D eigenvalue weighted by Gasteiger charge is -2.10. The number of halogens is 1. The maximum absolute atomic E-state index is 13.7. The molecule has 2 N–H and O–H groups in total. The van der Waals surface area contributed by atoms with E-state index in [2.05, 4.69) is 5.32 Å². The summed E-state index contributed by atoms with van der Waals surface area (Å²) < 4.78 is 13.7. The molecule has 0 saturated carbocycles. The van der Waals surface area contributed by atoms with E-state index in [9.17, 15) is 9.18 Å². The third-order valence-corrected chi connectivity index (χ3v) is 2.53. The number of para-hydroxylation sites is 1. The van der Waals surface area contributed by atoms with E-state index >= 15 is 0 Å². The highest BCUT2D eigenvalue weighted by Crippen LogP contribution is 2.24. The lowest BCUT2D eigenvalue weighted by atomic mass is 10.1. The van der Waals surface area contributed by atoms with Crippen LogP contribution in [-0.4, -0.2) is 11.1 Å². The first-order chi connectivity index (χ1) is 9.11. The van der Waals surface area contributed by atoms with Crippen LogP contribution in [0.15, 0.2) is 42.5 Å². The van der Waals surface area contributed by atoms with Crippen molar-refractivity contribution in [2.24, 2.45) is 0 Å². The molecule has 5 heteroatoms. The van der Waals surface area contributed by atoms with Crippen molar-refractivity contribution in [1.82, 2.24) is 0 Å².